The van der Waals surface area contributed by atoms with E-state index in [4.69, 9.17) is 9.47 Å². The van der Waals surface area contributed by atoms with Crippen LogP contribution in [0.4, 0.5) is 5.69 Å². The topological polar surface area (TPSA) is 98.8 Å². The smallest absolute Gasteiger partial charge is 0.337 e. The maximum atomic E-state index is 12.8. The Morgan fingerprint density at radius 2 is 1.72 bits per heavy atom. The van der Waals surface area contributed by atoms with Crippen LogP contribution in [0.15, 0.2) is 42.5 Å². The first-order valence-corrected chi connectivity index (χ1v) is 9.08. The van der Waals surface area contributed by atoms with Gasteiger partial charge in [0.15, 0.2) is 17.5 Å². The van der Waals surface area contributed by atoms with E-state index < -0.39 is 12.0 Å². The van der Waals surface area contributed by atoms with E-state index in [1.54, 1.807) is 32.4 Å². The molecule has 2 N–H and O–H groups in total. The lowest BCUT2D eigenvalue weighted by atomic mass is 10.1. The Labute approximate surface area is 168 Å². The van der Waals surface area contributed by atoms with Crippen molar-refractivity contribution in [3.8, 4) is 11.5 Å². The molecule has 1 heterocycles. The summed E-state index contributed by atoms with van der Waals surface area (Å²) in [4.78, 5) is 37.9. The van der Waals surface area contributed by atoms with Crippen LogP contribution in [-0.2, 0) is 20.9 Å². The summed E-state index contributed by atoms with van der Waals surface area (Å²) in [7, 11) is 4.43. The molecule has 0 saturated carbocycles. The lowest BCUT2D eigenvalue weighted by Gasteiger charge is -2.15. The molecular weight excluding hydrogens is 376 g/mol. The fraction of sp³-hybridized carbons (Fsp3) is 0.286. The molecule has 29 heavy (non-hydrogen) atoms. The van der Waals surface area contributed by atoms with Gasteiger partial charge in [0, 0.05) is 5.56 Å². The lowest BCUT2D eigenvalue weighted by Crippen LogP contribution is -2.90. The number of benzene rings is 2. The Kier molecular flexibility index (Phi) is 6.13. The summed E-state index contributed by atoms with van der Waals surface area (Å²) in [6.07, 6.45) is 0.116. The maximum Gasteiger partial charge on any atom is 0.337 e. The van der Waals surface area contributed by atoms with Crippen LogP contribution in [0.1, 0.15) is 22.3 Å². The molecule has 8 heteroatoms. The highest BCUT2D eigenvalue weighted by Crippen LogP contribution is 2.27. The number of carbonyl (C=O) groups is 3. The molecule has 152 valence electrons. The fourth-order valence-electron chi connectivity index (χ4n) is 3.26. The minimum atomic E-state index is -0.504. The summed E-state index contributed by atoms with van der Waals surface area (Å²) in [5, 5.41) is 1.84. The minimum Gasteiger partial charge on any atom is -0.493 e. The van der Waals surface area contributed by atoms with E-state index in [0.717, 1.165) is 10.5 Å². The number of anilines is 1. The summed E-state index contributed by atoms with van der Waals surface area (Å²) < 4.78 is 15.2. The van der Waals surface area contributed by atoms with Gasteiger partial charge >= 0.3 is 5.97 Å². The molecule has 1 fully saturated rings. The second-order valence-corrected chi connectivity index (χ2v) is 6.55. The third-order valence-corrected chi connectivity index (χ3v) is 4.81. The summed E-state index contributed by atoms with van der Waals surface area (Å²) in [6.45, 7) is 0.513. The Morgan fingerprint density at radius 1 is 1.03 bits per heavy atom. The number of quaternary nitrogens is 1. The Hall–Kier alpha value is -3.39. The number of methoxy groups -OCH3 is 3. The first kappa shape index (κ1) is 20.3. The summed E-state index contributed by atoms with van der Waals surface area (Å²) in [5.74, 6) is 0.219. The van der Waals surface area contributed by atoms with E-state index in [1.807, 2.05) is 17.4 Å². The molecule has 0 aliphatic carbocycles. The van der Waals surface area contributed by atoms with E-state index in [-0.39, 0.29) is 18.2 Å². The number of nitrogens with two attached hydrogens (primary N) is 1. The highest BCUT2D eigenvalue weighted by Gasteiger charge is 2.42. The molecule has 0 bridgehead atoms. The van der Waals surface area contributed by atoms with Crippen molar-refractivity contribution >= 4 is 23.5 Å². The van der Waals surface area contributed by atoms with Crippen LogP contribution in [0.25, 0.3) is 0 Å². The van der Waals surface area contributed by atoms with Crippen molar-refractivity contribution in [3.63, 3.8) is 0 Å². The number of hydrogen-bond acceptors (Lipinski definition) is 6. The number of amides is 2. The standard InChI is InChI=1S/C21H22N2O6/c1-27-17-9-4-13(10-18(17)28-2)12-22-16-11-19(24)23(20(16)25)15-7-5-14(6-8-15)21(26)29-3/h4-10,16,22H,11-12H2,1-3H3/p+1/t16-/m1/s1. The van der Waals surface area contributed by atoms with Gasteiger partial charge in [0.25, 0.3) is 5.91 Å². The quantitative estimate of drug-likeness (QED) is 0.548. The van der Waals surface area contributed by atoms with E-state index in [9.17, 15) is 14.4 Å². The Balaban J connectivity index is 1.68. The van der Waals surface area contributed by atoms with Crippen molar-refractivity contribution in [1.29, 1.82) is 0 Å². The van der Waals surface area contributed by atoms with Crippen LogP contribution in [0, 0.1) is 0 Å². The van der Waals surface area contributed by atoms with Crippen LogP contribution < -0.4 is 19.7 Å². The maximum absolute atomic E-state index is 12.8. The normalized spacial score (nSPS) is 16.1. The summed E-state index contributed by atoms with van der Waals surface area (Å²) in [5.41, 5.74) is 1.74. The number of imide groups is 1. The highest BCUT2D eigenvalue weighted by atomic mass is 16.5. The van der Waals surface area contributed by atoms with Gasteiger partial charge in [-0.1, -0.05) is 0 Å². The van der Waals surface area contributed by atoms with Gasteiger partial charge in [-0.3, -0.25) is 9.59 Å². The van der Waals surface area contributed by atoms with Gasteiger partial charge in [0.05, 0.1) is 39.0 Å². The van der Waals surface area contributed by atoms with Crippen molar-refractivity contribution in [2.24, 2.45) is 0 Å². The number of nitrogens with zero attached hydrogens (tertiary/aromatic N) is 1. The van der Waals surface area contributed by atoms with Crippen LogP contribution in [0.3, 0.4) is 0 Å². The molecule has 2 aromatic carbocycles. The SMILES string of the molecule is COC(=O)c1ccc(N2C(=O)C[C@@H]([NH2+]Cc3ccc(OC)c(OC)c3)C2=O)cc1. The van der Waals surface area contributed by atoms with E-state index in [0.29, 0.717) is 29.3 Å². The molecule has 2 aromatic rings. The number of esters is 1. The van der Waals surface area contributed by atoms with E-state index in [2.05, 4.69) is 4.74 Å². The second-order valence-electron chi connectivity index (χ2n) is 6.55. The monoisotopic (exact) mass is 399 g/mol. The van der Waals surface area contributed by atoms with Gasteiger partial charge in [0.1, 0.15) is 6.54 Å². The van der Waals surface area contributed by atoms with Crippen molar-refractivity contribution < 1.29 is 33.9 Å². The molecule has 1 aliphatic rings. The molecule has 1 saturated heterocycles. The molecule has 3 rings (SSSR count). The third-order valence-electron chi connectivity index (χ3n) is 4.81. The van der Waals surface area contributed by atoms with Crippen LogP contribution in [0.5, 0.6) is 11.5 Å². The third kappa shape index (κ3) is 4.22. The zero-order chi connectivity index (χ0) is 21.0. The molecule has 0 radical (unpaired) electrons. The number of ether oxygens (including phenoxy) is 3. The second kappa shape index (κ2) is 8.74. The van der Waals surface area contributed by atoms with Gasteiger partial charge in [-0.25, -0.2) is 9.69 Å². The molecular formula is C21H23N2O6+. The summed E-state index contributed by atoms with van der Waals surface area (Å²) in [6, 6.07) is 11.2. The Bertz CT molecular complexity index is 925. The lowest BCUT2D eigenvalue weighted by molar-refractivity contribution is -0.690. The molecule has 2 amide bonds. The predicted molar refractivity (Wildman–Crippen MR) is 104 cm³/mol. The largest absolute Gasteiger partial charge is 0.493 e. The first-order valence-electron chi connectivity index (χ1n) is 9.08. The molecule has 1 atom stereocenters. The molecule has 1 aliphatic heterocycles. The molecule has 0 spiro atoms. The Morgan fingerprint density at radius 3 is 2.34 bits per heavy atom. The van der Waals surface area contributed by atoms with Crippen LogP contribution >= 0.6 is 0 Å². The molecule has 8 nitrogen and oxygen atoms in total. The summed E-state index contributed by atoms with van der Waals surface area (Å²) >= 11 is 0. The van der Waals surface area contributed by atoms with Crippen LogP contribution in [-0.4, -0.2) is 45.2 Å². The minimum absolute atomic E-state index is 0.116. The van der Waals surface area contributed by atoms with Gasteiger partial charge in [-0.15, -0.1) is 0 Å². The van der Waals surface area contributed by atoms with Crippen molar-refractivity contribution in [1.82, 2.24) is 0 Å². The number of rotatable bonds is 7. The van der Waals surface area contributed by atoms with Gasteiger partial charge < -0.3 is 19.5 Å². The van der Waals surface area contributed by atoms with Gasteiger partial charge in [0.2, 0.25) is 5.91 Å². The van der Waals surface area contributed by atoms with Gasteiger partial charge in [-0.05, 0) is 42.5 Å². The number of hydrogen-bond donors (Lipinski definition) is 1. The zero-order valence-electron chi connectivity index (χ0n) is 16.5. The zero-order valence-corrected chi connectivity index (χ0v) is 16.5. The van der Waals surface area contributed by atoms with Crippen LogP contribution in [0.2, 0.25) is 0 Å². The van der Waals surface area contributed by atoms with Crippen molar-refractivity contribution in [2.75, 3.05) is 26.2 Å². The predicted octanol–water partition coefficient (Wildman–Crippen LogP) is 0.886. The van der Waals surface area contributed by atoms with E-state index >= 15 is 0 Å². The first-order chi connectivity index (χ1) is 14.0. The average Bonchev–Trinajstić information content (AvgIpc) is 3.04. The molecule has 0 aromatic heterocycles. The number of carbonyl (C=O) groups excluding carboxylic acids is 3. The fourth-order valence-corrected chi connectivity index (χ4v) is 3.26. The van der Waals surface area contributed by atoms with Gasteiger partial charge in [-0.2, -0.15) is 0 Å². The van der Waals surface area contributed by atoms with Crippen molar-refractivity contribution in [2.45, 2.75) is 19.0 Å². The van der Waals surface area contributed by atoms with E-state index in [1.165, 1.54) is 19.2 Å². The highest BCUT2D eigenvalue weighted by molar-refractivity contribution is 6.21. The van der Waals surface area contributed by atoms with Crippen molar-refractivity contribution in [3.05, 3.63) is 53.6 Å². The molecule has 0 unspecified atom stereocenters. The average molecular weight is 399 g/mol.